The van der Waals surface area contributed by atoms with Crippen LogP contribution in [0.15, 0.2) is 18.2 Å². The van der Waals surface area contributed by atoms with E-state index in [1.54, 1.807) is 7.11 Å². The highest BCUT2D eigenvalue weighted by Gasteiger charge is 2.20. The van der Waals surface area contributed by atoms with Crippen LogP contribution < -0.4 is 10.1 Å². The van der Waals surface area contributed by atoms with Gasteiger partial charge in [-0.05, 0) is 18.9 Å². The van der Waals surface area contributed by atoms with Gasteiger partial charge in [0, 0.05) is 18.7 Å². The van der Waals surface area contributed by atoms with Gasteiger partial charge in [0.05, 0.1) is 18.9 Å². The number of hydrogen-bond acceptors (Lipinski definition) is 4. The molecule has 1 fully saturated rings. The first-order valence-corrected chi connectivity index (χ1v) is 6.71. The number of aliphatic hydroxyl groups excluding tert-OH is 1. The molecule has 4 nitrogen and oxygen atoms in total. The second-order valence-electron chi connectivity index (χ2n) is 4.86. The van der Waals surface area contributed by atoms with Gasteiger partial charge in [-0.2, -0.15) is 0 Å². The van der Waals surface area contributed by atoms with Crippen LogP contribution in [0.2, 0.25) is 0 Å². The predicted octanol–water partition coefficient (Wildman–Crippen LogP) is 1.87. The maximum absolute atomic E-state index is 10.0. The molecular formula is C14H22N2O2. The molecule has 100 valence electrons. The number of nitrogens with zero attached hydrogens (tertiary/aromatic N) is 1. The lowest BCUT2D eigenvalue weighted by molar-refractivity contribution is 0.119. The molecule has 0 spiro atoms. The van der Waals surface area contributed by atoms with Crippen LogP contribution in [0, 0.1) is 0 Å². The van der Waals surface area contributed by atoms with Crippen LogP contribution in [-0.2, 0) is 6.54 Å². The quantitative estimate of drug-likeness (QED) is 0.801. The van der Waals surface area contributed by atoms with Crippen LogP contribution in [0.1, 0.15) is 37.8 Å². The zero-order valence-electron chi connectivity index (χ0n) is 10.9. The molecule has 0 amide bonds. The van der Waals surface area contributed by atoms with Gasteiger partial charge >= 0.3 is 0 Å². The van der Waals surface area contributed by atoms with E-state index in [2.05, 4.69) is 10.3 Å². The normalized spacial score (nSPS) is 24.6. The van der Waals surface area contributed by atoms with Gasteiger partial charge < -0.3 is 15.2 Å². The zero-order chi connectivity index (χ0) is 12.8. The number of hydrogen-bond donors (Lipinski definition) is 2. The Labute approximate surface area is 108 Å². The minimum Gasteiger partial charge on any atom is -0.481 e. The van der Waals surface area contributed by atoms with E-state index in [0.717, 1.165) is 25.0 Å². The second kappa shape index (κ2) is 6.71. The van der Waals surface area contributed by atoms with Crippen LogP contribution in [0.5, 0.6) is 5.88 Å². The van der Waals surface area contributed by atoms with Gasteiger partial charge in [-0.15, -0.1) is 0 Å². The number of methoxy groups -OCH3 is 1. The maximum Gasteiger partial charge on any atom is 0.213 e. The summed E-state index contributed by atoms with van der Waals surface area (Å²) < 4.78 is 5.10. The standard InChI is InChI=1S/C14H22N2O2/c1-18-14-9-5-6-11(16-14)10-15-12-7-3-2-4-8-13(12)17/h5-6,9,12-13,15,17H,2-4,7-8,10H2,1H3. The minimum absolute atomic E-state index is 0.195. The fraction of sp³-hybridized carbons (Fsp3) is 0.643. The zero-order valence-corrected chi connectivity index (χ0v) is 10.9. The van der Waals surface area contributed by atoms with E-state index in [1.807, 2.05) is 18.2 Å². The Morgan fingerprint density at radius 1 is 1.33 bits per heavy atom. The number of aliphatic hydroxyl groups is 1. The van der Waals surface area contributed by atoms with Gasteiger partial charge in [-0.25, -0.2) is 4.98 Å². The molecule has 18 heavy (non-hydrogen) atoms. The molecule has 1 aromatic rings. The Hall–Kier alpha value is -1.13. The molecule has 0 aliphatic heterocycles. The summed E-state index contributed by atoms with van der Waals surface area (Å²) in [7, 11) is 1.62. The summed E-state index contributed by atoms with van der Waals surface area (Å²) in [6, 6.07) is 5.94. The Bertz CT molecular complexity index is 371. The third kappa shape index (κ3) is 3.68. The molecule has 4 heteroatoms. The van der Waals surface area contributed by atoms with Crippen LogP contribution >= 0.6 is 0 Å². The predicted molar refractivity (Wildman–Crippen MR) is 70.5 cm³/mol. The van der Waals surface area contributed by atoms with E-state index in [4.69, 9.17) is 4.74 Å². The van der Waals surface area contributed by atoms with Gasteiger partial charge in [0.15, 0.2) is 0 Å². The lowest BCUT2D eigenvalue weighted by Crippen LogP contribution is -2.38. The van der Waals surface area contributed by atoms with Gasteiger partial charge in [0.2, 0.25) is 5.88 Å². The van der Waals surface area contributed by atoms with Crippen molar-refractivity contribution in [2.24, 2.45) is 0 Å². The number of nitrogens with one attached hydrogen (secondary N) is 1. The summed E-state index contributed by atoms with van der Waals surface area (Å²) in [6.45, 7) is 0.679. The van der Waals surface area contributed by atoms with Crippen LogP contribution in [0.3, 0.4) is 0 Å². The van der Waals surface area contributed by atoms with Crippen molar-refractivity contribution in [3.63, 3.8) is 0 Å². The molecule has 2 unspecified atom stereocenters. The first-order chi connectivity index (χ1) is 8.79. The van der Waals surface area contributed by atoms with Crippen molar-refractivity contribution in [2.45, 2.75) is 50.8 Å². The Morgan fingerprint density at radius 3 is 3.00 bits per heavy atom. The topological polar surface area (TPSA) is 54.4 Å². The van der Waals surface area contributed by atoms with E-state index in [0.29, 0.717) is 12.4 Å². The summed E-state index contributed by atoms with van der Waals surface area (Å²) in [5.74, 6) is 0.635. The molecule has 1 heterocycles. The summed E-state index contributed by atoms with van der Waals surface area (Å²) in [5, 5.41) is 13.4. The van der Waals surface area contributed by atoms with Crippen molar-refractivity contribution in [2.75, 3.05) is 7.11 Å². The Morgan fingerprint density at radius 2 is 2.17 bits per heavy atom. The third-order valence-corrected chi connectivity index (χ3v) is 3.52. The molecule has 1 aliphatic rings. The Balaban J connectivity index is 1.89. The molecule has 2 atom stereocenters. The maximum atomic E-state index is 10.0. The summed E-state index contributed by atoms with van der Waals surface area (Å²) >= 11 is 0. The van der Waals surface area contributed by atoms with E-state index >= 15 is 0 Å². The van der Waals surface area contributed by atoms with E-state index in [-0.39, 0.29) is 12.1 Å². The van der Waals surface area contributed by atoms with Crippen LogP contribution in [0.4, 0.5) is 0 Å². The molecule has 0 aromatic carbocycles. The number of pyridine rings is 1. The average molecular weight is 250 g/mol. The summed E-state index contributed by atoms with van der Waals surface area (Å²) in [4.78, 5) is 4.36. The Kier molecular flexibility index (Phi) is 4.96. The monoisotopic (exact) mass is 250 g/mol. The van der Waals surface area contributed by atoms with Crippen molar-refractivity contribution < 1.29 is 9.84 Å². The lowest BCUT2D eigenvalue weighted by Gasteiger charge is -2.21. The van der Waals surface area contributed by atoms with E-state index in [9.17, 15) is 5.11 Å². The molecule has 2 N–H and O–H groups in total. The van der Waals surface area contributed by atoms with Gasteiger partial charge in [-0.1, -0.05) is 25.3 Å². The molecule has 2 rings (SSSR count). The van der Waals surface area contributed by atoms with Gasteiger partial charge in [0.1, 0.15) is 0 Å². The largest absolute Gasteiger partial charge is 0.481 e. The van der Waals surface area contributed by atoms with Gasteiger partial charge in [-0.3, -0.25) is 0 Å². The molecule has 0 radical (unpaired) electrons. The average Bonchev–Trinajstić information content (AvgIpc) is 2.61. The first-order valence-electron chi connectivity index (χ1n) is 6.71. The van der Waals surface area contributed by atoms with E-state index in [1.165, 1.54) is 12.8 Å². The number of rotatable bonds is 4. The number of aromatic nitrogens is 1. The van der Waals surface area contributed by atoms with Crippen molar-refractivity contribution >= 4 is 0 Å². The summed E-state index contributed by atoms with van der Waals surface area (Å²) in [6.07, 6.45) is 5.29. The highest BCUT2D eigenvalue weighted by molar-refractivity contribution is 5.15. The van der Waals surface area contributed by atoms with Crippen molar-refractivity contribution in [3.8, 4) is 5.88 Å². The van der Waals surface area contributed by atoms with Crippen LogP contribution in [0.25, 0.3) is 0 Å². The summed E-state index contributed by atoms with van der Waals surface area (Å²) in [5.41, 5.74) is 0.950. The SMILES string of the molecule is COc1cccc(CNC2CCCCCC2O)n1. The molecule has 0 bridgehead atoms. The smallest absolute Gasteiger partial charge is 0.213 e. The van der Waals surface area contributed by atoms with Crippen LogP contribution in [-0.4, -0.2) is 29.3 Å². The second-order valence-corrected chi connectivity index (χ2v) is 4.86. The number of ether oxygens (including phenoxy) is 1. The lowest BCUT2D eigenvalue weighted by atomic mass is 10.1. The molecular weight excluding hydrogens is 228 g/mol. The van der Waals surface area contributed by atoms with E-state index < -0.39 is 0 Å². The molecule has 1 aliphatic carbocycles. The third-order valence-electron chi connectivity index (χ3n) is 3.52. The molecule has 0 saturated heterocycles. The molecule has 1 aromatic heterocycles. The van der Waals surface area contributed by atoms with Crippen molar-refractivity contribution in [3.05, 3.63) is 23.9 Å². The first kappa shape index (κ1) is 13.3. The van der Waals surface area contributed by atoms with Crippen molar-refractivity contribution in [1.29, 1.82) is 0 Å². The van der Waals surface area contributed by atoms with Crippen molar-refractivity contribution in [1.82, 2.24) is 10.3 Å². The highest BCUT2D eigenvalue weighted by Crippen LogP contribution is 2.18. The fourth-order valence-corrected chi connectivity index (χ4v) is 2.43. The van der Waals surface area contributed by atoms with Gasteiger partial charge in [0.25, 0.3) is 0 Å². The highest BCUT2D eigenvalue weighted by atomic mass is 16.5. The minimum atomic E-state index is -0.224. The fourth-order valence-electron chi connectivity index (χ4n) is 2.43. The molecule has 1 saturated carbocycles.